The summed E-state index contributed by atoms with van der Waals surface area (Å²) < 4.78 is 11.5. The summed E-state index contributed by atoms with van der Waals surface area (Å²) in [5, 5.41) is 11.5. The van der Waals surface area contributed by atoms with E-state index < -0.39 is 0 Å². The van der Waals surface area contributed by atoms with Gasteiger partial charge in [0.1, 0.15) is 11.3 Å². The molecule has 0 saturated heterocycles. The van der Waals surface area contributed by atoms with Gasteiger partial charge in [-0.2, -0.15) is 0 Å². The smallest absolute Gasteiger partial charge is 0.336 e. The standard InChI is InChI=1S/C24H30O4/c1-15-5-9-20-23(2,3)21(25)11-12-24(20,4)18(15)14-27-17-8-6-16-7-10-22(26)28-19(16)13-17/h5-8,10,13,18,20-21,25H,9,11-12,14H2,1-4H3/t18-,20+,21+,24+/m0/s1. The molecule has 4 heteroatoms. The number of ether oxygens (including phenoxy) is 1. The molecule has 2 aliphatic rings. The third-order valence-corrected chi connectivity index (χ3v) is 7.54. The molecule has 1 aromatic heterocycles. The van der Waals surface area contributed by atoms with E-state index in [0.717, 1.165) is 30.4 Å². The van der Waals surface area contributed by atoms with Crippen LogP contribution in [0, 0.1) is 22.7 Å². The fraction of sp³-hybridized carbons (Fsp3) is 0.542. The van der Waals surface area contributed by atoms with Gasteiger partial charge in [0, 0.05) is 23.4 Å². The molecule has 0 unspecified atom stereocenters. The molecule has 0 bridgehead atoms. The Morgan fingerprint density at radius 2 is 1.96 bits per heavy atom. The van der Waals surface area contributed by atoms with Gasteiger partial charge in [0.05, 0.1) is 12.7 Å². The molecule has 1 aromatic carbocycles. The molecule has 1 fully saturated rings. The number of rotatable bonds is 3. The van der Waals surface area contributed by atoms with Crippen LogP contribution in [0.2, 0.25) is 0 Å². The van der Waals surface area contributed by atoms with E-state index in [2.05, 4.69) is 33.8 Å². The molecule has 1 N–H and O–H groups in total. The predicted molar refractivity (Wildman–Crippen MR) is 110 cm³/mol. The Kier molecular flexibility index (Phi) is 4.65. The fourth-order valence-electron chi connectivity index (χ4n) is 5.66. The van der Waals surface area contributed by atoms with E-state index in [-0.39, 0.29) is 22.6 Å². The predicted octanol–water partition coefficient (Wildman–Crippen LogP) is 4.94. The lowest BCUT2D eigenvalue weighted by Gasteiger charge is -2.58. The zero-order valence-electron chi connectivity index (χ0n) is 17.2. The van der Waals surface area contributed by atoms with Crippen molar-refractivity contribution < 1.29 is 14.3 Å². The summed E-state index contributed by atoms with van der Waals surface area (Å²) in [5.41, 5.74) is 1.57. The first-order valence-electron chi connectivity index (χ1n) is 10.2. The second-order valence-electron chi connectivity index (χ2n) is 9.44. The first-order valence-corrected chi connectivity index (χ1v) is 10.2. The Labute approximate surface area is 166 Å². The van der Waals surface area contributed by atoms with Gasteiger partial charge in [0.2, 0.25) is 0 Å². The largest absolute Gasteiger partial charge is 0.493 e. The third-order valence-electron chi connectivity index (χ3n) is 7.54. The highest BCUT2D eigenvalue weighted by atomic mass is 16.5. The highest BCUT2D eigenvalue weighted by molar-refractivity contribution is 5.77. The Morgan fingerprint density at radius 1 is 1.21 bits per heavy atom. The lowest BCUT2D eigenvalue weighted by atomic mass is 9.48. The number of fused-ring (bicyclic) bond motifs is 2. The molecule has 2 aliphatic carbocycles. The van der Waals surface area contributed by atoms with Gasteiger partial charge in [-0.25, -0.2) is 4.79 Å². The van der Waals surface area contributed by atoms with Crippen molar-refractivity contribution in [2.24, 2.45) is 22.7 Å². The van der Waals surface area contributed by atoms with Crippen LogP contribution in [0.4, 0.5) is 0 Å². The van der Waals surface area contributed by atoms with Crippen LogP contribution < -0.4 is 10.4 Å². The van der Waals surface area contributed by atoms with Crippen LogP contribution in [0.15, 0.2) is 51.2 Å². The first-order chi connectivity index (χ1) is 13.2. The van der Waals surface area contributed by atoms with Crippen LogP contribution in [0.1, 0.15) is 47.0 Å². The summed E-state index contributed by atoms with van der Waals surface area (Å²) in [6, 6.07) is 8.84. The average molecular weight is 383 g/mol. The van der Waals surface area contributed by atoms with E-state index in [1.807, 2.05) is 12.1 Å². The lowest BCUT2D eigenvalue weighted by Crippen LogP contribution is -2.55. The zero-order valence-corrected chi connectivity index (χ0v) is 17.2. The molecule has 4 nitrogen and oxygen atoms in total. The van der Waals surface area contributed by atoms with Crippen molar-refractivity contribution in [3.63, 3.8) is 0 Å². The van der Waals surface area contributed by atoms with E-state index in [9.17, 15) is 9.90 Å². The summed E-state index contributed by atoms with van der Waals surface area (Å²) in [6.45, 7) is 9.57. The van der Waals surface area contributed by atoms with Gasteiger partial charge < -0.3 is 14.3 Å². The van der Waals surface area contributed by atoms with E-state index in [0.29, 0.717) is 24.0 Å². The summed E-state index contributed by atoms with van der Waals surface area (Å²) in [6.07, 6.45) is 4.95. The fourth-order valence-corrected chi connectivity index (χ4v) is 5.66. The summed E-state index contributed by atoms with van der Waals surface area (Å²) in [7, 11) is 0. The number of hydrogen-bond acceptors (Lipinski definition) is 4. The van der Waals surface area contributed by atoms with E-state index >= 15 is 0 Å². The minimum atomic E-state index is -0.353. The van der Waals surface area contributed by atoms with Crippen LogP contribution >= 0.6 is 0 Å². The monoisotopic (exact) mass is 382 g/mol. The SMILES string of the molecule is CC1=CC[C@@H]2C(C)(C)[C@H](O)CC[C@]2(C)[C@H]1COc1ccc2ccc(=O)oc2c1. The summed E-state index contributed by atoms with van der Waals surface area (Å²) >= 11 is 0. The number of allylic oxidation sites excluding steroid dienone is 1. The maximum absolute atomic E-state index is 11.5. The van der Waals surface area contributed by atoms with Gasteiger partial charge in [-0.3, -0.25) is 0 Å². The molecule has 1 heterocycles. The zero-order chi connectivity index (χ0) is 20.1. The van der Waals surface area contributed by atoms with Gasteiger partial charge in [-0.15, -0.1) is 0 Å². The van der Waals surface area contributed by atoms with Crippen LogP contribution in [0.25, 0.3) is 11.0 Å². The molecule has 0 amide bonds. The first kappa shape index (κ1) is 19.3. The van der Waals surface area contributed by atoms with Crippen LogP contribution in [-0.2, 0) is 0 Å². The second-order valence-corrected chi connectivity index (χ2v) is 9.44. The number of aliphatic hydroxyl groups is 1. The quantitative estimate of drug-likeness (QED) is 0.603. The molecule has 150 valence electrons. The molecular formula is C24H30O4. The molecule has 1 saturated carbocycles. The maximum Gasteiger partial charge on any atom is 0.336 e. The van der Waals surface area contributed by atoms with Crippen molar-refractivity contribution in [1.82, 2.24) is 0 Å². The second kappa shape index (κ2) is 6.77. The number of aliphatic hydroxyl groups excluding tert-OH is 1. The molecule has 4 rings (SSSR count). The Morgan fingerprint density at radius 3 is 2.75 bits per heavy atom. The Bertz CT molecular complexity index is 970. The van der Waals surface area contributed by atoms with E-state index in [1.54, 1.807) is 12.1 Å². The van der Waals surface area contributed by atoms with Gasteiger partial charge in [-0.1, -0.05) is 32.4 Å². The van der Waals surface area contributed by atoms with Crippen molar-refractivity contribution in [1.29, 1.82) is 0 Å². The topological polar surface area (TPSA) is 59.7 Å². The Balaban J connectivity index is 1.59. The highest BCUT2D eigenvalue weighted by Crippen LogP contribution is 2.59. The van der Waals surface area contributed by atoms with Crippen molar-refractivity contribution in [3.05, 3.63) is 52.4 Å². The molecule has 0 radical (unpaired) electrons. The summed E-state index contributed by atoms with van der Waals surface area (Å²) in [5.74, 6) is 1.45. The molecule has 2 aromatic rings. The molecule has 0 aliphatic heterocycles. The van der Waals surface area contributed by atoms with Crippen LogP contribution in [0.3, 0.4) is 0 Å². The maximum atomic E-state index is 11.5. The lowest BCUT2D eigenvalue weighted by molar-refractivity contribution is -0.119. The van der Waals surface area contributed by atoms with Crippen molar-refractivity contribution in [3.8, 4) is 5.75 Å². The van der Waals surface area contributed by atoms with Crippen molar-refractivity contribution in [2.45, 2.75) is 53.1 Å². The normalized spacial score (nSPS) is 31.9. The van der Waals surface area contributed by atoms with Gasteiger partial charge in [0.15, 0.2) is 0 Å². The summed E-state index contributed by atoms with van der Waals surface area (Å²) in [4.78, 5) is 11.5. The van der Waals surface area contributed by atoms with Gasteiger partial charge in [-0.05, 0) is 61.1 Å². The van der Waals surface area contributed by atoms with Crippen LogP contribution in [-0.4, -0.2) is 17.8 Å². The number of benzene rings is 1. The minimum absolute atomic E-state index is 0.102. The van der Waals surface area contributed by atoms with E-state index in [4.69, 9.17) is 9.15 Å². The third kappa shape index (κ3) is 3.08. The molecular weight excluding hydrogens is 352 g/mol. The Hall–Kier alpha value is -2.07. The average Bonchev–Trinajstić information content (AvgIpc) is 2.64. The van der Waals surface area contributed by atoms with E-state index in [1.165, 1.54) is 11.6 Å². The van der Waals surface area contributed by atoms with Crippen molar-refractivity contribution >= 4 is 11.0 Å². The highest BCUT2D eigenvalue weighted by Gasteiger charge is 2.55. The molecule has 28 heavy (non-hydrogen) atoms. The number of hydrogen-bond donors (Lipinski definition) is 1. The van der Waals surface area contributed by atoms with Gasteiger partial charge >= 0.3 is 5.63 Å². The van der Waals surface area contributed by atoms with Gasteiger partial charge in [0.25, 0.3) is 0 Å². The molecule has 0 spiro atoms. The van der Waals surface area contributed by atoms with Crippen molar-refractivity contribution in [2.75, 3.05) is 6.61 Å². The van der Waals surface area contributed by atoms with Crippen LogP contribution in [0.5, 0.6) is 5.75 Å². The molecule has 4 atom stereocenters. The minimum Gasteiger partial charge on any atom is -0.493 e.